The average Bonchev–Trinajstić information content (AvgIpc) is 3.26. The number of carboxylic acid groups (broad SMARTS) is 1. The zero-order chi connectivity index (χ0) is 22.4. The van der Waals surface area contributed by atoms with Crippen molar-refractivity contribution in [2.24, 2.45) is 5.92 Å². The number of aliphatic carboxylic acids is 1. The van der Waals surface area contributed by atoms with Crippen LogP contribution in [0.25, 0.3) is 10.9 Å². The highest BCUT2D eigenvalue weighted by Gasteiger charge is 2.29. The lowest BCUT2D eigenvalue weighted by molar-refractivity contribution is -0.137. The van der Waals surface area contributed by atoms with Gasteiger partial charge in [-0.2, -0.15) is 0 Å². The van der Waals surface area contributed by atoms with Crippen molar-refractivity contribution >= 4 is 34.4 Å². The van der Waals surface area contributed by atoms with Crippen molar-refractivity contribution in [3.63, 3.8) is 0 Å². The van der Waals surface area contributed by atoms with Crippen LogP contribution in [0.1, 0.15) is 35.2 Å². The fourth-order valence-corrected chi connectivity index (χ4v) is 5.78. The molecule has 2 aliphatic rings. The molecule has 5 rings (SSSR count). The molecule has 0 saturated carbocycles. The molecule has 0 bridgehead atoms. The van der Waals surface area contributed by atoms with Crippen LogP contribution in [0, 0.1) is 11.7 Å². The lowest BCUT2D eigenvalue weighted by Gasteiger charge is -2.25. The second kappa shape index (κ2) is 8.24. The van der Waals surface area contributed by atoms with Crippen molar-refractivity contribution in [1.29, 1.82) is 0 Å². The third kappa shape index (κ3) is 3.88. The third-order valence-corrected chi connectivity index (χ3v) is 7.03. The van der Waals surface area contributed by atoms with Crippen LogP contribution in [-0.2, 0) is 41.8 Å². The summed E-state index contributed by atoms with van der Waals surface area (Å²) in [4.78, 5) is 24.2. The maximum absolute atomic E-state index is 14.1. The molecule has 2 aromatic carbocycles. The van der Waals surface area contributed by atoms with Gasteiger partial charge in [0.15, 0.2) is 0 Å². The molecule has 1 heterocycles. The molecule has 166 valence electrons. The number of hydrogen-bond acceptors (Lipinski definition) is 2. The highest BCUT2D eigenvalue weighted by atomic mass is 35.5. The van der Waals surface area contributed by atoms with Crippen LogP contribution in [0.15, 0.2) is 36.4 Å². The van der Waals surface area contributed by atoms with E-state index in [-0.39, 0.29) is 23.5 Å². The van der Waals surface area contributed by atoms with Gasteiger partial charge in [-0.15, -0.1) is 0 Å². The number of nitrogens with zero attached hydrogens (tertiary/aromatic N) is 1. The number of halogens is 2. The number of carboxylic acids is 1. The van der Waals surface area contributed by atoms with Crippen molar-refractivity contribution in [2.75, 3.05) is 0 Å². The van der Waals surface area contributed by atoms with Crippen molar-refractivity contribution < 1.29 is 19.1 Å². The lowest BCUT2D eigenvalue weighted by atomic mass is 9.91. The van der Waals surface area contributed by atoms with Crippen LogP contribution >= 0.6 is 11.6 Å². The number of rotatable bonds is 5. The molecule has 0 radical (unpaired) electrons. The summed E-state index contributed by atoms with van der Waals surface area (Å²) in [5.74, 6) is -1.07. The summed E-state index contributed by atoms with van der Waals surface area (Å²) in [6.45, 7) is -0.226. The van der Waals surface area contributed by atoms with Gasteiger partial charge < -0.3 is 15.0 Å². The average molecular weight is 455 g/mol. The summed E-state index contributed by atoms with van der Waals surface area (Å²) >= 11 is 6.30. The minimum atomic E-state index is -0.974. The normalized spacial score (nSPS) is 17.9. The van der Waals surface area contributed by atoms with E-state index in [2.05, 4.69) is 17.4 Å². The van der Waals surface area contributed by atoms with E-state index in [1.807, 2.05) is 12.1 Å². The molecule has 0 saturated heterocycles. The summed E-state index contributed by atoms with van der Waals surface area (Å²) in [6, 6.07) is 10.9. The van der Waals surface area contributed by atoms with E-state index in [9.17, 15) is 19.1 Å². The number of benzene rings is 2. The van der Waals surface area contributed by atoms with E-state index < -0.39 is 11.8 Å². The van der Waals surface area contributed by atoms with E-state index in [1.54, 1.807) is 4.57 Å². The maximum atomic E-state index is 14.1. The Morgan fingerprint density at radius 2 is 1.88 bits per heavy atom. The summed E-state index contributed by atoms with van der Waals surface area (Å²) in [5.41, 5.74) is 4.96. The largest absolute Gasteiger partial charge is 0.480 e. The first-order chi connectivity index (χ1) is 15.4. The quantitative estimate of drug-likeness (QED) is 0.604. The van der Waals surface area contributed by atoms with E-state index in [0.29, 0.717) is 42.5 Å². The molecule has 0 spiro atoms. The molecular formula is C25H24ClFN2O3. The zero-order valence-electron chi connectivity index (χ0n) is 17.5. The number of hydrogen-bond donors (Lipinski definition) is 2. The number of aromatic nitrogens is 1. The zero-order valence-corrected chi connectivity index (χ0v) is 18.3. The molecule has 3 aromatic rings. The SMILES string of the molecule is O=C(O)Cn1c2c(c3cc(F)cc(Cl)c31)C[C@@H](NC(=O)CC1Cc3ccccc3C1)CC2. The Morgan fingerprint density at radius 3 is 2.56 bits per heavy atom. The number of amides is 1. The van der Waals surface area contributed by atoms with Gasteiger partial charge in [0, 0.05) is 23.5 Å². The number of carbonyl (C=O) groups is 2. The second-order valence-corrected chi connectivity index (χ2v) is 9.35. The molecule has 1 atom stereocenters. The predicted molar refractivity (Wildman–Crippen MR) is 120 cm³/mol. The first kappa shape index (κ1) is 21.0. The third-order valence-electron chi connectivity index (χ3n) is 6.75. The van der Waals surface area contributed by atoms with E-state index in [1.165, 1.54) is 23.3 Å². The first-order valence-electron chi connectivity index (χ1n) is 11.0. The van der Waals surface area contributed by atoms with E-state index in [0.717, 1.165) is 24.1 Å². The van der Waals surface area contributed by atoms with Crippen molar-refractivity contribution in [3.05, 3.63) is 69.6 Å². The van der Waals surface area contributed by atoms with Crippen LogP contribution in [0.2, 0.25) is 5.02 Å². The number of carbonyl (C=O) groups excluding carboxylic acids is 1. The second-order valence-electron chi connectivity index (χ2n) is 8.94. The van der Waals surface area contributed by atoms with Crippen LogP contribution in [0.3, 0.4) is 0 Å². The Bertz CT molecular complexity index is 1210. The van der Waals surface area contributed by atoms with Crippen molar-refractivity contribution in [3.8, 4) is 0 Å². The maximum Gasteiger partial charge on any atom is 0.323 e. The fraction of sp³-hybridized carbons (Fsp3) is 0.360. The molecule has 7 heteroatoms. The molecule has 2 aliphatic carbocycles. The lowest BCUT2D eigenvalue weighted by Crippen LogP contribution is -2.39. The first-order valence-corrected chi connectivity index (χ1v) is 11.3. The fourth-order valence-electron chi connectivity index (χ4n) is 5.47. The van der Waals surface area contributed by atoms with E-state index in [4.69, 9.17) is 11.6 Å². The molecular weight excluding hydrogens is 431 g/mol. The molecule has 1 aromatic heterocycles. The Labute approximate surface area is 190 Å². The van der Waals surface area contributed by atoms with Gasteiger partial charge in [-0.25, -0.2) is 4.39 Å². The van der Waals surface area contributed by atoms with Crippen LogP contribution < -0.4 is 5.32 Å². The highest BCUT2D eigenvalue weighted by Crippen LogP contribution is 2.37. The summed E-state index contributed by atoms with van der Waals surface area (Å²) in [6.07, 6.45) is 4.20. The number of nitrogens with one attached hydrogen (secondary N) is 1. The van der Waals surface area contributed by atoms with Crippen LogP contribution in [0.5, 0.6) is 0 Å². The summed E-state index contributed by atoms with van der Waals surface area (Å²) in [7, 11) is 0. The van der Waals surface area contributed by atoms with Gasteiger partial charge in [-0.3, -0.25) is 9.59 Å². The summed E-state index contributed by atoms with van der Waals surface area (Å²) in [5, 5.41) is 13.4. The van der Waals surface area contributed by atoms with E-state index >= 15 is 0 Å². The number of fused-ring (bicyclic) bond motifs is 4. The molecule has 1 amide bonds. The summed E-state index contributed by atoms with van der Waals surface area (Å²) < 4.78 is 15.8. The van der Waals surface area contributed by atoms with Crippen LogP contribution in [-0.4, -0.2) is 27.6 Å². The monoisotopic (exact) mass is 454 g/mol. The van der Waals surface area contributed by atoms with Gasteiger partial charge in [-0.1, -0.05) is 35.9 Å². The van der Waals surface area contributed by atoms with Gasteiger partial charge in [-0.05, 0) is 66.8 Å². The standard InChI is InChI=1S/C25H24ClFN2O3/c26-21-11-17(27)10-20-19-12-18(5-6-22(19)29(25(20)21)13-24(31)32)28-23(30)9-14-7-15-3-1-2-4-16(15)8-14/h1-4,10-11,14,18H,5-9,12-13H2,(H,28,30)(H,31,32)/t18-/m0/s1. The van der Waals surface area contributed by atoms with Crippen molar-refractivity contribution in [1.82, 2.24) is 9.88 Å². The van der Waals surface area contributed by atoms with Gasteiger partial charge in [0.1, 0.15) is 12.4 Å². The van der Waals surface area contributed by atoms with Gasteiger partial charge >= 0.3 is 5.97 Å². The molecule has 2 N–H and O–H groups in total. The minimum Gasteiger partial charge on any atom is -0.480 e. The Hall–Kier alpha value is -2.86. The molecule has 32 heavy (non-hydrogen) atoms. The van der Waals surface area contributed by atoms with Gasteiger partial charge in [0.25, 0.3) is 0 Å². The molecule has 0 aliphatic heterocycles. The molecule has 0 unspecified atom stereocenters. The van der Waals surface area contributed by atoms with Gasteiger partial charge in [0.2, 0.25) is 5.91 Å². The van der Waals surface area contributed by atoms with Gasteiger partial charge in [0.05, 0.1) is 10.5 Å². The Balaban J connectivity index is 1.33. The topological polar surface area (TPSA) is 71.3 Å². The Morgan fingerprint density at radius 1 is 1.16 bits per heavy atom. The van der Waals surface area contributed by atoms with Crippen LogP contribution in [0.4, 0.5) is 4.39 Å². The molecule has 0 fully saturated rings. The molecule has 5 nitrogen and oxygen atoms in total. The highest BCUT2D eigenvalue weighted by molar-refractivity contribution is 6.35. The minimum absolute atomic E-state index is 0.0368. The predicted octanol–water partition coefficient (Wildman–Crippen LogP) is 4.30. The Kier molecular flexibility index (Phi) is 5.41. The van der Waals surface area contributed by atoms with Crippen molar-refractivity contribution in [2.45, 2.75) is 51.1 Å². The smallest absolute Gasteiger partial charge is 0.323 e.